The van der Waals surface area contributed by atoms with Crippen molar-refractivity contribution < 1.29 is 18.3 Å². The van der Waals surface area contributed by atoms with Gasteiger partial charge in [-0.05, 0) is 121 Å². The van der Waals surface area contributed by atoms with Gasteiger partial charge in [-0.25, -0.2) is 18.8 Å². The van der Waals surface area contributed by atoms with E-state index in [0.29, 0.717) is 32.7 Å². The lowest BCUT2D eigenvalue weighted by atomic mass is 9.72. The molecule has 0 bridgehead atoms. The Labute approximate surface area is 328 Å². The number of thiophene rings is 1. The Morgan fingerprint density at radius 3 is 2.45 bits per heavy atom. The van der Waals surface area contributed by atoms with Gasteiger partial charge in [0, 0.05) is 16.9 Å². The predicted octanol–water partition coefficient (Wildman–Crippen LogP) is 10.1. The van der Waals surface area contributed by atoms with Gasteiger partial charge in [-0.2, -0.15) is 5.10 Å². The van der Waals surface area contributed by atoms with Gasteiger partial charge in [-0.3, -0.25) is 14.2 Å². The van der Waals surface area contributed by atoms with Gasteiger partial charge >= 0.3 is 0 Å². The molecule has 2 aromatic heterocycles. The number of thioether (sulfide) groups is 1. The zero-order valence-corrected chi connectivity index (χ0v) is 33.3. The molecule has 284 valence electrons. The quantitative estimate of drug-likeness (QED) is 0.122. The van der Waals surface area contributed by atoms with Gasteiger partial charge in [-0.1, -0.05) is 62.9 Å². The van der Waals surface area contributed by atoms with E-state index < -0.39 is 6.04 Å². The minimum absolute atomic E-state index is 0.0314. The Kier molecular flexibility index (Phi) is 10.0. The van der Waals surface area contributed by atoms with Gasteiger partial charge in [-0.15, -0.1) is 11.3 Å². The number of halogens is 2. The maximum atomic E-state index is 14.8. The number of amides is 1. The van der Waals surface area contributed by atoms with E-state index in [0.717, 1.165) is 72.1 Å². The zero-order chi connectivity index (χ0) is 38.6. The van der Waals surface area contributed by atoms with Crippen LogP contribution in [0.4, 0.5) is 8.78 Å². The fraction of sp³-hybridized carbons (Fsp3) is 0.364. The molecule has 3 aromatic carbocycles. The molecule has 55 heavy (non-hydrogen) atoms. The normalized spacial score (nSPS) is 20.4. The standard InChI is InChI=1S/C44H44F2N4O3S2/c1-25-9-19-32(53-5)23-35(25)49-42(52)38-33-20-14-29(44(2,3)4)22-36(33)55-41(38)47-43(49)54-24-37(51)50-40(27-12-17-31(46)18-13-27)34-8-6-7-28(39(34)48-50)21-26-10-15-30(45)16-11-26/h9-13,15-19,21,23,29,34,40H,6-8,14,20,22,24H2,1-5H3/b28-21+. The lowest BCUT2D eigenvalue weighted by molar-refractivity contribution is -0.130. The van der Waals surface area contributed by atoms with Crippen LogP contribution in [0.15, 0.2) is 87.4 Å². The molecule has 3 atom stereocenters. The summed E-state index contributed by atoms with van der Waals surface area (Å²) in [6.07, 6.45) is 7.25. The molecule has 0 N–H and O–H groups in total. The summed E-state index contributed by atoms with van der Waals surface area (Å²) in [5, 5.41) is 7.64. The summed E-state index contributed by atoms with van der Waals surface area (Å²) in [7, 11) is 1.60. The summed E-state index contributed by atoms with van der Waals surface area (Å²) >= 11 is 2.82. The molecule has 5 aromatic rings. The Bertz CT molecular complexity index is 2410. The summed E-state index contributed by atoms with van der Waals surface area (Å²) in [5.41, 5.74) is 6.12. The molecular weight excluding hydrogens is 735 g/mol. The average molecular weight is 779 g/mol. The minimum Gasteiger partial charge on any atom is -0.497 e. The van der Waals surface area contributed by atoms with Crippen LogP contribution >= 0.6 is 23.1 Å². The summed E-state index contributed by atoms with van der Waals surface area (Å²) in [4.78, 5) is 36.3. The molecule has 3 heterocycles. The number of hydrogen-bond donors (Lipinski definition) is 0. The molecular formula is C44H44F2N4O3S2. The number of hydrogen-bond acceptors (Lipinski definition) is 7. The molecule has 0 spiro atoms. The number of carbonyl (C=O) groups is 1. The van der Waals surface area contributed by atoms with Crippen LogP contribution in [-0.2, 0) is 17.6 Å². The molecule has 2 aliphatic carbocycles. The SMILES string of the molecule is COc1ccc(C)c(-n2c(SCC(=O)N3N=C4/C(=C/c5ccc(F)cc5)CCCC4C3c3ccc(F)cc3)nc3sc4c(c3c2=O)CCC(C(C)(C)C)C4)c1. The molecule has 0 saturated heterocycles. The van der Waals surface area contributed by atoms with Gasteiger partial charge in [0.05, 0.1) is 35.7 Å². The first-order chi connectivity index (χ1) is 26.4. The lowest BCUT2D eigenvalue weighted by Crippen LogP contribution is -2.33. The maximum Gasteiger partial charge on any atom is 0.267 e. The number of allylic oxidation sites excluding steroid dienone is 1. The third-order valence-corrected chi connectivity index (χ3v) is 13.5. The van der Waals surface area contributed by atoms with Gasteiger partial charge in [0.1, 0.15) is 22.2 Å². The van der Waals surface area contributed by atoms with Crippen LogP contribution in [0.3, 0.4) is 0 Å². The molecule has 7 nitrogen and oxygen atoms in total. The predicted molar refractivity (Wildman–Crippen MR) is 217 cm³/mol. The molecule has 3 unspecified atom stereocenters. The van der Waals surface area contributed by atoms with Crippen molar-refractivity contribution >= 4 is 51.0 Å². The summed E-state index contributed by atoms with van der Waals surface area (Å²) < 4.78 is 35.1. The summed E-state index contributed by atoms with van der Waals surface area (Å²) in [5.74, 6) is 0.0891. The fourth-order valence-corrected chi connectivity index (χ4v) is 10.6. The third kappa shape index (κ3) is 7.17. The largest absolute Gasteiger partial charge is 0.497 e. The highest BCUT2D eigenvalue weighted by Gasteiger charge is 2.44. The topological polar surface area (TPSA) is 76.8 Å². The van der Waals surface area contributed by atoms with Crippen molar-refractivity contribution in [2.75, 3.05) is 12.9 Å². The van der Waals surface area contributed by atoms with Gasteiger partial charge in [0.25, 0.3) is 11.5 Å². The highest BCUT2D eigenvalue weighted by molar-refractivity contribution is 7.99. The van der Waals surface area contributed by atoms with Crippen LogP contribution in [0.5, 0.6) is 5.75 Å². The first kappa shape index (κ1) is 37.3. The van der Waals surface area contributed by atoms with Crippen LogP contribution in [0.1, 0.15) is 79.6 Å². The van der Waals surface area contributed by atoms with Gasteiger partial charge < -0.3 is 4.74 Å². The molecule has 8 rings (SSSR count). The van der Waals surface area contributed by atoms with Crippen molar-refractivity contribution in [1.82, 2.24) is 14.6 Å². The van der Waals surface area contributed by atoms with Crippen molar-refractivity contribution in [3.63, 3.8) is 0 Å². The second kappa shape index (κ2) is 14.8. The summed E-state index contributed by atoms with van der Waals surface area (Å²) in [6, 6.07) is 17.8. The van der Waals surface area contributed by atoms with E-state index in [-0.39, 0.29) is 40.2 Å². The van der Waals surface area contributed by atoms with Crippen LogP contribution in [0.25, 0.3) is 22.0 Å². The first-order valence-corrected chi connectivity index (χ1v) is 20.7. The highest BCUT2D eigenvalue weighted by atomic mass is 32.2. The van der Waals surface area contributed by atoms with Gasteiger partial charge in [0.15, 0.2) is 5.16 Å². The molecule has 0 radical (unpaired) electrons. The van der Waals surface area contributed by atoms with Crippen LogP contribution in [0.2, 0.25) is 0 Å². The number of benzene rings is 3. The van der Waals surface area contributed by atoms with Crippen molar-refractivity contribution in [2.24, 2.45) is 22.4 Å². The van der Waals surface area contributed by atoms with E-state index in [1.54, 1.807) is 52.3 Å². The molecule has 1 amide bonds. The van der Waals surface area contributed by atoms with E-state index in [2.05, 4.69) is 20.8 Å². The minimum atomic E-state index is -0.432. The van der Waals surface area contributed by atoms with E-state index in [1.807, 2.05) is 31.2 Å². The van der Waals surface area contributed by atoms with Crippen LogP contribution in [0, 0.1) is 35.8 Å². The van der Waals surface area contributed by atoms with E-state index in [9.17, 15) is 18.4 Å². The van der Waals surface area contributed by atoms with Crippen molar-refractivity contribution in [3.8, 4) is 11.4 Å². The summed E-state index contributed by atoms with van der Waals surface area (Å²) in [6.45, 7) is 8.79. The Morgan fingerprint density at radius 2 is 1.75 bits per heavy atom. The van der Waals surface area contributed by atoms with Crippen molar-refractivity contribution in [1.29, 1.82) is 0 Å². The molecule has 1 saturated carbocycles. The number of ether oxygens (including phenoxy) is 1. The maximum absolute atomic E-state index is 14.8. The second-order valence-electron chi connectivity index (χ2n) is 15.9. The third-order valence-electron chi connectivity index (χ3n) is 11.4. The van der Waals surface area contributed by atoms with Crippen molar-refractivity contribution in [2.45, 2.75) is 77.4 Å². The van der Waals surface area contributed by atoms with Gasteiger partial charge in [0.2, 0.25) is 0 Å². The number of aromatic nitrogens is 2. The number of nitrogens with zero attached hydrogens (tertiary/aromatic N) is 4. The van der Waals surface area contributed by atoms with Crippen molar-refractivity contribution in [3.05, 3.63) is 121 Å². The van der Waals surface area contributed by atoms with Crippen LogP contribution < -0.4 is 10.3 Å². The number of rotatable bonds is 7. The lowest BCUT2D eigenvalue weighted by Gasteiger charge is -2.33. The smallest absolute Gasteiger partial charge is 0.267 e. The van der Waals surface area contributed by atoms with Crippen LogP contribution in [-0.4, -0.2) is 39.0 Å². The zero-order valence-electron chi connectivity index (χ0n) is 31.7. The first-order valence-electron chi connectivity index (χ1n) is 18.9. The Morgan fingerprint density at radius 1 is 1.02 bits per heavy atom. The fourth-order valence-electron chi connectivity index (χ4n) is 8.36. The number of fused-ring (bicyclic) bond motifs is 4. The average Bonchev–Trinajstić information content (AvgIpc) is 3.74. The van der Waals surface area contributed by atoms with E-state index in [4.69, 9.17) is 14.8 Å². The van der Waals surface area contributed by atoms with E-state index in [1.165, 1.54) is 40.9 Å². The van der Waals surface area contributed by atoms with E-state index >= 15 is 0 Å². The molecule has 11 heteroatoms. The number of hydrazone groups is 1. The molecule has 1 aliphatic heterocycles. The number of methoxy groups -OCH3 is 1. The molecule has 1 fully saturated rings. The highest BCUT2D eigenvalue weighted by Crippen LogP contribution is 2.46. The second-order valence-corrected chi connectivity index (χ2v) is 17.9. The molecule has 3 aliphatic rings. The Balaban J connectivity index is 1.18. The Hall–Kier alpha value is -4.61. The number of carbonyl (C=O) groups excluding carboxylic acids is 1. The monoisotopic (exact) mass is 778 g/mol. The number of aryl methyl sites for hydroxylation is 2.